The zero-order chi connectivity index (χ0) is 23.1. The average Bonchev–Trinajstić information content (AvgIpc) is 2.97. The Kier molecular flexibility index (Phi) is 6.38. The molecule has 3 heterocycles. The molecule has 0 bridgehead atoms. The molecule has 2 aliphatic rings. The van der Waals surface area contributed by atoms with Gasteiger partial charge in [0, 0.05) is 17.6 Å². The fourth-order valence-corrected chi connectivity index (χ4v) is 5.13. The van der Waals surface area contributed by atoms with Crippen molar-refractivity contribution in [2.75, 3.05) is 18.3 Å². The maximum absolute atomic E-state index is 14.3. The van der Waals surface area contributed by atoms with Gasteiger partial charge < -0.3 is 14.9 Å². The van der Waals surface area contributed by atoms with Crippen LogP contribution >= 0.6 is 19.3 Å². The second-order valence-corrected chi connectivity index (χ2v) is 9.34. The third-order valence-corrected chi connectivity index (χ3v) is 6.81. The molecular weight excluding hydrogens is 475 g/mol. The fraction of sp³-hybridized carbons (Fsp3) is 0.444. The molecule has 2 saturated heterocycles. The summed E-state index contributed by atoms with van der Waals surface area (Å²) < 4.78 is 57.8. The van der Waals surface area contributed by atoms with Gasteiger partial charge in [0.05, 0.1) is 19.3 Å². The number of hydrogen-bond acceptors (Lipinski definition) is 8. The molecule has 0 saturated carbocycles. The lowest BCUT2D eigenvalue weighted by atomic mass is 10.1. The number of aliphatic hydroxyl groups is 2. The summed E-state index contributed by atoms with van der Waals surface area (Å²) in [5.41, 5.74) is -0.482. The lowest BCUT2D eigenvalue weighted by molar-refractivity contribution is -0.140. The first kappa shape index (κ1) is 23.2. The normalized spacial score (nSPS) is 32.0. The molecule has 0 aliphatic carbocycles. The van der Waals surface area contributed by atoms with E-state index in [0.29, 0.717) is 21.6 Å². The molecule has 2 aromatic rings. The van der Waals surface area contributed by atoms with E-state index in [0.717, 1.165) is 12.3 Å². The minimum atomic E-state index is -3.94. The Morgan fingerprint density at radius 3 is 2.81 bits per heavy atom. The average molecular weight is 494 g/mol. The van der Waals surface area contributed by atoms with Gasteiger partial charge in [0.15, 0.2) is 6.10 Å². The van der Waals surface area contributed by atoms with E-state index < -0.39 is 50.5 Å². The topological polar surface area (TPSA) is 132 Å². The van der Waals surface area contributed by atoms with Gasteiger partial charge in [0.25, 0.3) is 0 Å². The highest BCUT2D eigenvalue weighted by atomic mass is 35.5. The molecule has 0 radical (unpaired) electrons. The van der Waals surface area contributed by atoms with Crippen molar-refractivity contribution < 1.29 is 37.3 Å². The molecule has 5 atom stereocenters. The number of hydrogen-bond donors (Lipinski definition) is 3. The molecule has 1 aromatic carbocycles. The van der Waals surface area contributed by atoms with Gasteiger partial charge in [-0.1, -0.05) is 23.7 Å². The Bertz CT molecular complexity index is 1100. The van der Waals surface area contributed by atoms with Crippen molar-refractivity contribution in [1.82, 2.24) is 9.55 Å². The Hall–Kier alpha value is -1.92. The number of alkyl halides is 2. The SMILES string of the molecule is O=c1nc(N[P@@]2(=O)OCC[C@@H](c3cccc(Cl)c3)O2)ccn1[C@@H]1O[C@@H](CO)[C@@H](O)C1(F)F. The number of aromatic nitrogens is 2. The first-order valence-electron chi connectivity index (χ1n) is 9.51. The molecular formula is C18H19ClF2N3O7P. The molecule has 14 heteroatoms. The van der Waals surface area contributed by atoms with E-state index in [4.69, 9.17) is 30.5 Å². The van der Waals surface area contributed by atoms with Crippen molar-refractivity contribution in [3.05, 3.63) is 57.6 Å². The number of ether oxygens (including phenoxy) is 1. The van der Waals surface area contributed by atoms with E-state index in [1.165, 1.54) is 0 Å². The van der Waals surface area contributed by atoms with Crippen LogP contribution in [0.1, 0.15) is 24.3 Å². The summed E-state index contributed by atoms with van der Waals surface area (Å²) in [6, 6.07) is 7.92. The number of anilines is 1. The number of halogens is 3. The van der Waals surface area contributed by atoms with Gasteiger partial charge in [-0.05, 0) is 23.8 Å². The molecule has 2 aliphatic heterocycles. The van der Waals surface area contributed by atoms with Gasteiger partial charge in [-0.25, -0.2) is 9.36 Å². The zero-order valence-electron chi connectivity index (χ0n) is 16.3. The third kappa shape index (κ3) is 4.44. The smallest absolute Gasteiger partial charge is 0.394 e. The van der Waals surface area contributed by atoms with Crippen LogP contribution in [0.25, 0.3) is 0 Å². The standard InChI is InChI=1S/C18H19ClF2N3O7P/c19-11-3-1-2-10(8-11)12-5-7-29-32(28,31-12)23-14-4-6-24(17(27)22-14)16-18(20,21)15(26)13(9-25)30-16/h1-4,6,8,12-13,15-16,25-26H,5,7,9H2,(H,22,23,27,28)/t12-,13-,15+,16+,32+/m0/s1. The molecule has 4 rings (SSSR count). The Labute approximate surface area is 185 Å². The Morgan fingerprint density at radius 2 is 2.16 bits per heavy atom. The van der Waals surface area contributed by atoms with E-state index in [1.54, 1.807) is 24.3 Å². The Balaban J connectivity index is 1.52. The predicted molar refractivity (Wildman–Crippen MR) is 108 cm³/mol. The zero-order valence-corrected chi connectivity index (χ0v) is 18.0. The van der Waals surface area contributed by atoms with Crippen molar-refractivity contribution in [2.45, 2.75) is 36.9 Å². The summed E-state index contributed by atoms with van der Waals surface area (Å²) in [4.78, 5) is 16.0. The van der Waals surface area contributed by atoms with E-state index in [2.05, 4.69) is 10.1 Å². The van der Waals surface area contributed by atoms with Gasteiger partial charge in [-0.3, -0.25) is 18.7 Å². The van der Waals surface area contributed by atoms with Crippen molar-refractivity contribution in [2.24, 2.45) is 0 Å². The second kappa shape index (κ2) is 8.79. The van der Waals surface area contributed by atoms with Gasteiger partial charge in [-0.15, -0.1) is 0 Å². The minimum absolute atomic E-state index is 0.0844. The summed E-state index contributed by atoms with van der Waals surface area (Å²) in [5.74, 6) is -4.08. The first-order valence-corrected chi connectivity index (χ1v) is 11.4. The monoisotopic (exact) mass is 493 g/mol. The highest BCUT2D eigenvalue weighted by Crippen LogP contribution is 2.55. The van der Waals surface area contributed by atoms with Gasteiger partial charge in [-0.2, -0.15) is 13.8 Å². The van der Waals surface area contributed by atoms with Crippen molar-refractivity contribution >= 4 is 25.2 Å². The van der Waals surface area contributed by atoms with Crippen LogP contribution in [0.3, 0.4) is 0 Å². The quantitative estimate of drug-likeness (QED) is 0.537. The molecule has 2 fully saturated rings. The summed E-state index contributed by atoms with van der Waals surface area (Å²) in [7, 11) is -3.94. The lowest BCUT2D eigenvalue weighted by Crippen LogP contribution is -2.41. The summed E-state index contributed by atoms with van der Waals surface area (Å²) in [6.07, 6.45) is -5.29. The minimum Gasteiger partial charge on any atom is -0.394 e. The van der Waals surface area contributed by atoms with E-state index in [9.17, 15) is 23.2 Å². The van der Waals surface area contributed by atoms with E-state index in [-0.39, 0.29) is 12.4 Å². The number of aliphatic hydroxyl groups excluding tert-OH is 2. The van der Waals surface area contributed by atoms with Crippen LogP contribution in [0.15, 0.2) is 41.3 Å². The summed E-state index contributed by atoms with van der Waals surface area (Å²) in [5, 5.41) is 21.6. The number of benzene rings is 1. The highest BCUT2D eigenvalue weighted by molar-refractivity contribution is 7.55. The van der Waals surface area contributed by atoms with E-state index in [1.807, 2.05) is 0 Å². The Morgan fingerprint density at radius 1 is 1.38 bits per heavy atom. The van der Waals surface area contributed by atoms with Crippen molar-refractivity contribution in [1.29, 1.82) is 0 Å². The highest BCUT2D eigenvalue weighted by Gasteiger charge is 2.59. The van der Waals surface area contributed by atoms with Gasteiger partial charge >= 0.3 is 19.4 Å². The van der Waals surface area contributed by atoms with E-state index >= 15 is 0 Å². The molecule has 1 aromatic heterocycles. The maximum atomic E-state index is 14.3. The van der Waals surface area contributed by atoms with Gasteiger partial charge in [0.1, 0.15) is 11.9 Å². The van der Waals surface area contributed by atoms with Crippen LogP contribution in [0.5, 0.6) is 0 Å². The molecule has 10 nitrogen and oxygen atoms in total. The number of nitrogens with zero attached hydrogens (tertiary/aromatic N) is 2. The molecule has 0 unspecified atom stereocenters. The first-order chi connectivity index (χ1) is 15.1. The largest absolute Gasteiger partial charge is 0.434 e. The summed E-state index contributed by atoms with van der Waals surface area (Å²) in [6.45, 7) is -0.776. The molecule has 3 N–H and O–H groups in total. The summed E-state index contributed by atoms with van der Waals surface area (Å²) >= 11 is 5.99. The molecule has 0 spiro atoms. The van der Waals surface area contributed by atoms with Crippen LogP contribution in [0, 0.1) is 0 Å². The van der Waals surface area contributed by atoms with Crippen LogP contribution in [0.2, 0.25) is 5.02 Å². The predicted octanol–water partition coefficient (Wildman–Crippen LogP) is 2.48. The maximum Gasteiger partial charge on any atom is 0.434 e. The van der Waals surface area contributed by atoms with Crippen LogP contribution in [-0.4, -0.2) is 51.1 Å². The van der Waals surface area contributed by atoms with Crippen LogP contribution < -0.4 is 10.8 Å². The molecule has 0 amide bonds. The lowest BCUT2D eigenvalue weighted by Gasteiger charge is -2.30. The van der Waals surface area contributed by atoms with Crippen LogP contribution in [0.4, 0.5) is 14.6 Å². The second-order valence-electron chi connectivity index (χ2n) is 7.21. The van der Waals surface area contributed by atoms with Crippen molar-refractivity contribution in [3.8, 4) is 0 Å². The fourth-order valence-electron chi connectivity index (χ4n) is 3.44. The van der Waals surface area contributed by atoms with Crippen LogP contribution in [-0.2, 0) is 18.3 Å². The van der Waals surface area contributed by atoms with Gasteiger partial charge in [0.2, 0.25) is 6.23 Å². The number of rotatable bonds is 5. The third-order valence-electron chi connectivity index (χ3n) is 5.02. The molecule has 174 valence electrons. The van der Waals surface area contributed by atoms with Crippen molar-refractivity contribution in [3.63, 3.8) is 0 Å². The number of nitrogens with one attached hydrogen (secondary N) is 1. The molecule has 32 heavy (non-hydrogen) atoms.